The molecule has 0 radical (unpaired) electrons. The molecule has 0 spiro atoms. The van der Waals surface area contributed by atoms with Gasteiger partial charge in [0.2, 0.25) is 15.9 Å². The number of fused-ring (bicyclic) bond motifs is 1. The molecular formula is C19H20N4O4S2. The van der Waals surface area contributed by atoms with E-state index in [1.54, 1.807) is 37.3 Å². The van der Waals surface area contributed by atoms with E-state index in [0.717, 1.165) is 21.6 Å². The van der Waals surface area contributed by atoms with E-state index >= 15 is 0 Å². The molecule has 1 amide bonds. The van der Waals surface area contributed by atoms with E-state index in [9.17, 15) is 18.0 Å². The molecule has 2 aromatic carbocycles. The number of para-hydroxylation sites is 1. The van der Waals surface area contributed by atoms with Gasteiger partial charge in [0, 0.05) is 19.8 Å². The van der Waals surface area contributed by atoms with Gasteiger partial charge in [0.15, 0.2) is 5.16 Å². The fourth-order valence-electron chi connectivity index (χ4n) is 2.56. The summed E-state index contributed by atoms with van der Waals surface area (Å²) in [4.78, 5) is 31.6. The minimum Gasteiger partial charge on any atom is -0.325 e. The molecule has 1 heterocycles. The molecule has 10 heteroatoms. The second-order valence-electron chi connectivity index (χ2n) is 6.49. The Hall–Kier alpha value is -2.69. The Morgan fingerprint density at radius 1 is 1.21 bits per heavy atom. The molecule has 2 N–H and O–H groups in total. The van der Waals surface area contributed by atoms with Gasteiger partial charge in [-0.15, -0.1) is 0 Å². The summed E-state index contributed by atoms with van der Waals surface area (Å²) in [6.45, 7) is 1.77. The first-order chi connectivity index (χ1) is 13.7. The smallest absolute Gasteiger partial charge is 0.259 e. The number of amides is 1. The van der Waals surface area contributed by atoms with Crippen molar-refractivity contribution in [1.82, 2.24) is 14.3 Å². The first kappa shape index (κ1) is 21.0. The number of rotatable bonds is 6. The molecular weight excluding hydrogens is 412 g/mol. The SMILES string of the molecule is Cc1ccc(S(=O)(=O)N(C)C)cc1NC(=O)CSc1nc2ccccc2c(=O)[nH]1. The Kier molecular flexibility index (Phi) is 6.06. The number of hydrogen-bond acceptors (Lipinski definition) is 6. The minimum atomic E-state index is -3.61. The Morgan fingerprint density at radius 2 is 1.93 bits per heavy atom. The average Bonchev–Trinajstić information content (AvgIpc) is 2.68. The van der Waals surface area contributed by atoms with Crippen molar-refractivity contribution in [2.45, 2.75) is 17.0 Å². The number of benzene rings is 2. The predicted molar refractivity (Wildman–Crippen MR) is 114 cm³/mol. The molecule has 0 bridgehead atoms. The fraction of sp³-hybridized carbons (Fsp3) is 0.211. The molecule has 1 aromatic heterocycles. The Labute approximate surface area is 172 Å². The van der Waals surface area contributed by atoms with Crippen molar-refractivity contribution in [2.24, 2.45) is 0 Å². The molecule has 0 unspecified atom stereocenters. The molecule has 3 rings (SSSR count). The van der Waals surface area contributed by atoms with E-state index < -0.39 is 10.0 Å². The molecule has 0 aliphatic carbocycles. The highest BCUT2D eigenvalue weighted by Crippen LogP contribution is 2.23. The number of carbonyl (C=O) groups excluding carboxylic acids is 1. The van der Waals surface area contributed by atoms with Gasteiger partial charge in [0.25, 0.3) is 5.56 Å². The number of carbonyl (C=O) groups is 1. The maximum atomic E-state index is 12.4. The van der Waals surface area contributed by atoms with Crippen LogP contribution in [0.4, 0.5) is 5.69 Å². The van der Waals surface area contributed by atoms with Gasteiger partial charge < -0.3 is 10.3 Å². The number of aryl methyl sites for hydroxylation is 1. The number of H-pyrrole nitrogens is 1. The van der Waals surface area contributed by atoms with Crippen LogP contribution in [0.2, 0.25) is 0 Å². The van der Waals surface area contributed by atoms with Gasteiger partial charge in [-0.1, -0.05) is 30.0 Å². The molecule has 8 nitrogen and oxygen atoms in total. The maximum absolute atomic E-state index is 12.4. The Balaban J connectivity index is 1.74. The summed E-state index contributed by atoms with van der Waals surface area (Å²) in [5.41, 5.74) is 1.43. The number of nitrogens with one attached hydrogen (secondary N) is 2. The lowest BCUT2D eigenvalue weighted by Gasteiger charge is -2.14. The molecule has 152 valence electrons. The van der Waals surface area contributed by atoms with Crippen LogP contribution >= 0.6 is 11.8 Å². The average molecular weight is 433 g/mol. The van der Waals surface area contributed by atoms with Gasteiger partial charge in [-0.25, -0.2) is 17.7 Å². The highest BCUT2D eigenvalue weighted by Gasteiger charge is 2.19. The third-order valence-corrected chi connectivity index (χ3v) is 6.88. The van der Waals surface area contributed by atoms with Crippen molar-refractivity contribution in [1.29, 1.82) is 0 Å². The summed E-state index contributed by atoms with van der Waals surface area (Å²) >= 11 is 1.09. The van der Waals surface area contributed by atoms with Crippen molar-refractivity contribution in [2.75, 3.05) is 25.2 Å². The standard InChI is InChI=1S/C19H20N4O4S2/c1-12-8-9-13(29(26,27)23(2)3)10-16(12)20-17(24)11-28-19-21-15-7-5-4-6-14(15)18(25)22-19/h4-10H,11H2,1-3H3,(H,20,24)(H,21,22,25). The number of aromatic amines is 1. The van der Waals surface area contributed by atoms with Crippen LogP contribution in [-0.4, -0.2) is 48.4 Å². The lowest BCUT2D eigenvalue weighted by atomic mass is 10.2. The van der Waals surface area contributed by atoms with Crippen molar-refractivity contribution in [3.8, 4) is 0 Å². The first-order valence-corrected chi connectivity index (χ1v) is 11.1. The van der Waals surface area contributed by atoms with Crippen molar-refractivity contribution < 1.29 is 13.2 Å². The lowest BCUT2D eigenvalue weighted by molar-refractivity contribution is -0.113. The molecule has 0 saturated heterocycles. The topological polar surface area (TPSA) is 112 Å². The Morgan fingerprint density at radius 3 is 2.66 bits per heavy atom. The monoisotopic (exact) mass is 432 g/mol. The fourth-order valence-corrected chi connectivity index (χ4v) is 4.16. The van der Waals surface area contributed by atoms with Crippen molar-refractivity contribution in [3.63, 3.8) is 0 Å². The molecule has 0 aliphatic rings. The summed E-state index contributed by atoms with van der Waals surface area (Å²) in [6, 6.07) is 11.5. The third kappa shape index (κ3) is 4.66. The van der Waals surface area contributed by atoms with Crippen LogP contribution in [-0.2, 0) is 14.8 Å². The molecule has 0 atom stereocenters. The number of nitrogens with zero attached hydrogens (tertiary/aromatic N) is 2. The highest BCUT2D eigenvalue weighted by molar-refractivity contribution is 7.99. The summed E-state index contributed by atoms with van der Waals surface area (Å²) < 4.78 is 25.7. The van der Waals surface area contributed by atoms with Gasteiger partial charge in [0.1, 0.15) is 0 Å². The van der Waals surface area contributed by atoms with E-state index in [2.05, 4.69) is 15.3 Å². The van der Waals surface area contributed by atoms with E-state index in [-0.39, 0.29) is 22.1 Å². The van der Waals surface area contributed by atoms with Crippen LogP contribution in [0.5, 0.6) is 0 Å². The van der Waals surface area contributed by atoms with E-state index in [0.29, 0.717) is 21.7 Å². The summed E-state index contributed by atoms with van der Waals surface area (Å²) in [5.74, 6) is -0.334. The minimum absolute atomic E-state index is 0.00534. The molecule has 0 saturated carbocycles. The van der Waals surface area contributed by atoms with Crippen molar-refractivity contribution >= 4 is 44.3 Å². The van der Waals surface area contributed by atoms with Crippen LogP contribution in [0.15, 0.2) is 57.3 Å². The van der Waals surface area contributed by atoms with Gasteiger partial charge in [-0.2, -0.15) is 0 Å². The quantitative estimate of drug-likeness (QED) is 0.456. The normalized spacial score (nSPS) is 11.7. The molecule has 29 heavy (non-hydrogen) atoms. The second kappa shape index (κ2) is 8.36. The van der Waals surface area contributed by atoms with Crippen LogP contribution < -0.4 is 10.9 Å². The number of aromatic nitrogens is 2. The van der Waals surface area contributed by atoms with E-state index in [1.807, 2.05) is 0 Å². The second-order valence-corrected chi connectivity index (χ2v) is 9.61. The summed E-state index contributed by atoms with van der Waals surface area (Å²) in [7, 11) is -0.714. The zero-order valence-corrected chi connectivity index (χ0v) is 17.7. The highest BCUT2D eigenvalue weighted by atomic mass is 32.2. The number of sulfonamides is 1. The predicted octanol–water partition coefficient (Wildman–Crippen LogP) is 2.21. The Bertz CT molecular complexity index is 1240. The van der Waals surface area contributed by atoms with Crippen LogP contribution in [0.1, 0.15) is 5.56 Å². The largest absolute Gasteiger partial charge is 0.325 e. The van der Waals surface area contributed by atoms with Crippen LogP contribution in [0.3, 0.4) is 0 Å². The molecule has 0 aliphatic heterocycles. The van der Waals surface area contributed by atoms with Gasteiger partial charge in [-0.3, -0.25) is 9.59 Å². The first-order valence-electron chi connectivity index (χ1n) is 8.63. The van der Waals surface area contributed by atoms with Crippen LogP contribution in [0, 0.1) is 6.92 Å². The summed E-state index contributed by atoms with van der Waals surface area (Å²) in [6.07, 6.45) is 0. The van der Waals surface area contributed by atoms with Crippen LogP contribution in [0.25, 0.3) is 10.9 Å². The van der Waals surface area contributed by atoms with E-state index in [1.165, 1.54) is 26.2 Å². The number of anilines is 1. The van der Waals surface area contributed by atoms with E-state index in [4.69, 9.17) is 0 Å². The van der Waals surface area contributed by atoms with Crippen molar-refractivity contribution in [3.05, 3.63) is 58.4 Å². The molecule has 0 fully saturated rings. The lowest BCUT2D eigenvalue weighted by Crippen LogP contribution is -2.22. The number of thioether (sulfide) groups is 1. The zero-order valence-electron chi connectivity index (χ0n) is 16.1. The zero-order chi connectivity index (χ0) is 21.2. The van der Waals surface area contributed by atoms with Gasteiger partial charge in [0.05, 0.1) is 21.6 Å². The van der Waals surface area contributed by atoms with Gasteiger partial charge >= 0.3 is 0 Å². The van der Waals surface area contributed by atoms with Gasteiger partial charge in [-0.05, 0) is 36.8 Å². The molecule has 3 aromatic rings. The summed E-state index contributed by atoms with van der Waals surface area (Å²) in [5, 5.41) is 3.54. The number of hydrogen-bond donors (Lipinski definition) is 2. The maximum Gasteiger partial charge on any atom is 0.259 e. The third-order valence-electron chi connectivity index (χ3n) is 4.19.